The number of amides is 1. The van der Waals surface area contributed by atoms with Crippen LogP contribution >= 0.6 is 11.6 Å². The number of para-hydroxylation sites is 1. The van der Waals surface area contributed by atoms with Gasteiger partial charge in [0.1, 0.15) is 0 Å². The Morgan fingerprint density at radius 3 is 2.48 bits per heavy atom. The van der Waals surface area contributed by atoms with Crippen LogP contribution in [0.3, 0.4) is 0 Å². The summed E-state index contributed by atoms with van der Waals surface area (Å²) < 4.78 is 37.5. The van der Waals surface area contributed by atoms with Gasteiger partial charge in [0.25, 0.3) is 10.0 Å². The van der Waals surface area contributed by atoms with Crippen LogP contribution in [0.25, 0.3) is 6.08 Å². The highest BCUT2D eigenvalue weighted by Crippen LogP contribution is 2.24. The Morgan fingerprint density at radius 1 is 1.07 bits per heavy atom. The van der Waals surface area contributed by atoms with Crippen molar-refractivity contribution in [1.29, 1.82) is 0 Å². The van der Waals surface area contributed by atoms with Crippen molar-refractivity contribution < 1.29 is 22.7 Å². The van der Waals surface area contributed by atoms with Crippen LogP contribution in [0.5, 0.6) is 0 Å². The molecule has 7 nitrogen and oxygen atoms in total. The van der Waals surface area contributed by atoms with E-state index in [-0.39, 0.29) is 10.8 Å². The minimum atomic E-state index is -3.77. The number of nitrogens with one attached hydrogen (secondary N) is 2. The summed E-state index contributed by atoms with van der Waals surface area (Å²) in [5, 5.41) is 3.00. The van der Waals surface area contributed by atoms with Crippen LogP contribution < -0.4 is 10.0 Å². The molecular weight excluding hydrogens is 416 g/mol. The van der Waals surface area contributed by atoms with Gasteiger partial charge in [-0.2, -0.15) is 0 Å². The predicted octanol–water partition coefficient (Wildman–Crippen LogP) is 2.93. The van der Waals surface area contributed by atoms with E-state index >= 15 is 0 Å². The molecule has 0 aliphatic heterocycles. The third-order valence-electron chi connectivity index (χ3n) is 3.71. The van der Waals surface area contributed by atoms with E-state index in [9.17, 15) is 13.2 Å². The highest BCUT2D eigenvalue weighted by molar-refractivity contribution is 7.92. The van der Waals surface area contributed by atoms with E-state index < -0.39 is 10.0 Å². The van der Waals surface area contributed by atoms with Crippen LogP contribution in [0.15, 0.2) is 59.5 Å². The molecule has 2 aromatic carbocycles. The predicted molar refractivity (Wildman–Crippen MR) is 113 cm³/mol. The number of carbonyl (C=O) groups is 1. The lowest BCUT2D eigenvalue weighted by Gasteiger charge is -2.09. The molecule has 0 saturated carbocycles. The van der Waals surface area contributed by atoms with Gasteiger partial charge in [-0.3, -0.25) is 9.52 Å². The highest BCUT2D eigenvalue weighted by atomic mass is 35.5. The minimum Gasteiger partial charge on any atom is -0.382 e. The number of ether oxygens (including phenoxy) is 2. The Bertz CT molecular complexity index is 930. The number of hydrogen-bond donors (Lipinski definition) is 2. The molecule has 156 valence electrons. The zero-order chi connectivity index (χ0) is 21.1. The van der Waals surface area contributed by atoms with E-state index in [1.54, 1.807) is 49.6 Å². The summed E-state index contributed by atoms with van der Waals surface area (Å²) in [6.07, 6.45) is 2.97. The highest BCUT2D eigenvalue weighted by Gasteiger charge is 2.15. The minimum absolute atomic E-state index is 0.0900. The number of halogens is 1. The first-order chi connectivity index (χ1) is 13.9. The number of rotatable bonds is 11. The summed E-state index contributed by atoms with van der Waals surface area (Å²) in [6, 6.07) is 12.7. The van der Waals surface area contributed by atoms with Crippen LogP contribution in [-0.4, -0.2) is 47.8 Å². The Hall–Kier alpha value is -2.39. The lowest BCUT2D eigenvalue weighted by Crippen LogP contribution is -2.25. The van der Waals surface area contributed by atoms with Crippen LogP contribution in [0.1, 0.15) is 5.56 Å². The van der Waals surface area contributed by atoms with Crippen LogP contribution in [-0.2, 0) is 24.3 Å². The normalized spacial score (nSPS) is 11.5. The molecule has 0 atom stereocenters. The van der Waals surface area contributed by atoms with Gasteiger partial charge < -0.3 is 14.8 Å². The fraction of sp³-hybridized carbons (Fsp3) is 0.250. The molecule has 29 heavy (non-hydrogen) atoms. The zero-order valence-electron chi connectivity index (χ0n) is 15.9. The molecule has 0 aromatic heterocycles. The Kier molecular flexibility index (Phi) is 9.14. The molecule has 0 spiro atoms. The summed E-state index contributed by atoms with van der Waals surface area (Å²) in [4.78, 5) is 11.9. The van der Waals surface area contributed by atoms with Crippen molar-refractivity contribution in [2.75, 3.05) is 38.2 Å². The van der Waals surface area contributed by atoms with Gasteiger partial charge in [-0.25, -0.2) is 8.42 Å². The molecule has 0 fully saturated rings. The quantitative estimate of drug-likeness (QED) is 0.415. The largest absolute Gasteiger partial charge is 0.382 e. The number of anilines is 1. The van der Waals surface area contributed by atoms with Gasteiger partial charge in [0, 0.05) is 19.7 Å². The summed E-state index contributed by atoms with van der Waals surface area (Å²) >= 11 is 5.99. The van der Waals surface area contributed by atoms with Crippen molar-refractivity contribution in [2.45, 2.75) is 4.90 Å². The Labute approximate surface area is 175 Å². The molecule has 2 N–H and O–H groups in total. The van der Waals surface area contributed by atoms with Gasteiger partial charge in [-0.1, -0.05) is 35.9 Å². The van der Waals surface area contributed by atoms with E-state index in [2.05, 4.69) is 10.0 Å². The standard InChI is InChI=1S/C20H23ClN2O5S/c1-27-14-15-28-13-12-22-20(24)11-8-16-6-9-17(10-7-16)29(25,26)23-19-5-3-2-4-18(19)21/h2-11,23H,12-15H2,1H3,(H,22,24)/b11-8+. The first-order valence-electron chi connectivity index (χ1n) is 8.82. The van der Waals surface area contributed by atoms with Crippen LogP contribution in [0, 0.1) is 0 Å². The molecule has 0 unspecified atom stereocenters. The van der Waals surface area contributed by atoms with E-state index in [1.165, 1.54) is 18.2 Å². The summed E-state index contributed by atoms with van der Waals surface area (Å²) in [5.41, 5.74) is 0.995. The maximum Gasteiger partial charge on any atom is 0.261 e. The second-order valence-electron chi connectivity index (χ2n) is 5.88. The average molecular weight is 439 g/mol. The number of sulfonamides is 1. The van der Waals surface area contributed by atoms with Crippen molar-refractivity contribution in [3.63, 3.8) is 0 Å². The van der Waals surface area contributed by atoms with Crippen LogP contribution in [0.4, 0.5) is 5.69 Å². The van der Waals surface area contributed by atoms with Crippen molar-refractivity contribution in [3.8, 4) is 0 Å². The third kappa shape index (κ3) is 7.86. The van der Waals surface area contributed by atoms with Gasteiger partial charge in [-0.15, -0.1) is 0 Å². The summed E-state index contributed by atoms with van der Waals surface area (Å²) in [5.74, 6) is -0.266. The summed E-state index contributed by atoms with van der Waals surface area (Å²) in [7, 11) is -2.18. The summed E-state index contributed by atoms with van der Waals surface area (Å²) in [6.45, 7) is 1.77. The maximum absolute atomic E-state index is 12.5. The first-order valence-corrected chi connectivity index (χ1v) is 10.7. The van der Waals surface area contributed by atoms with Crippen molar-refractivity contribution in [2.24, 2.45) is 0 Å². The average Bonchev–Trinajstić information content (AvgIpc) is 2.71. The van der Waals surface area contributed by atoms with Crippen LogP contribution in [0.2, 0.25) is 5.02 Å². The van der Waals surface area contributed by atoms with Crippen molar-refractivity contribution in [3.05, 3.63) is 65.2 Å². The maximum atomic E-state index is 12.5. The second-order valence-corrected chi connectivity index (χ2v) is 7.97. The Balaban J connectivity index is 1.88. The van der Waals surface area contributed by atoms with E-state index in [4.69, 9.17) is 21.1 Å². The molecule has 0 heterocycles. The number of carbonyl (C=O) groups excluding carboxylic acids is 1. The number of hydrogen-bond acceptors (Lipinski definition) is 5. The van der Waals surface area contributed by atoms with E-state index in [0.29, 0.717) is 42.6 Å². The fourth-order valence-corrected chi connectivity index (χ4v) is 3.55. The smallest absolute Gasteiger partial charge is 0.261 e. The molecule has 0 aliphatic rings. The van der Waals surface area contributed by atoms with Gasteiger partial charge in [-0.05, 0) is 35.9 Å². The molecule has 0 radical (unpaired) electrons. The van der Waals surface area contributed by atoms with Gasteiger partial charge >= 0.3 is 0 Å². The number of benzene rings is 2. The lowest BCUT2D eigenvalue weighted by molar-refractivity contribution is -0.116. The molecule has 0 aliphatic carbocycles. The SMILES string of the molecule is COCCOCCNC(=O)/C=C/c1ccc(S(=O)(=O)Nc2ccccc2Cl)cc1. The molecule has 9 heteroatoms. The van der Waals surface area contributed by atoms with E-state index in [0.717, 1.165) is 0 Å². The molecule has 2 rings (SSSR count). The zero-order valence-corrected chi connectivity index (χ0v) is 17.5. The molecule has 1 amide bonds. The number of methoxy groups -OCH3 is 1. The third-order valence-corrected chi connectivity index (χ3v) is 5.42. The van der Waals surface area contributed by atoms with Gasteiger partial charge in [0.05, 0.1) is 35.4 Å². The van der Waals surface area contributed by atoms with E-state index in [1.807, 2.05) is 0 Å². The van der Waals surface area contributed by atoms with Crippen molar-refractivity contribution in [1.82, 2.24) is 5.32 Å². The second kappa shape index (κ2) is 11.6. The topological polar surface area (TPSA) is 93.7 Å². The lowest BCUT2D eigenvalue weighted by atomic mass is 10.2. The molecule has 0 saturated heterocycles. The monoisotopic (exact) mass is 438 g/mol. The Morgan fingerprint density at radius 2 is 1.79 bits per heavy atom. The van der Waals surface area contributed by atoms with Gasteiger partial charge in [0.2, 0.25) is 5.91 Å². The van der Waals surface area contributed by atoms with Crippen molar-refractivity contribution >= 4 is 39.3 Å². The fourth-order valence-electron chi connectivity index (χ4n) is 2.23. The first kappa shape index (κ1) is 22.9. The van der Waals surface area contributed by atoms with Gasteiger partial charge in [0.15, 0.2) is 0 Å². The molecule has 0 bridgehead atoms. The molecular formula is C20H23ClN2O5S. The molecule has 2 aromatic rings.